The van der Waals surface area contributed by atoms with Gasteiger partial charge in [-0.2, -0.15) is 0 Å². The molecular formula is C10H9NO2. The summed E-state index contributed by atoms with van der Waals surface area (Å²) in [6, 6.07) is 0. The van der Waals surface area contributed by atoms with Crippen molar-refractivity contribution in [2.45, 2.75) is 12.8 Å². The molecule has 3 aliphatic rings. The average Bonchev–Trinajstić information content (AvgIpc) is 2.63. The molecule has 0 saturated carbocycles. The van der Waals surface area contributed by atoms with Gasteiger partial charge in [0.15, 0.2) is 0 Å². The Hall–Kier alpha value is -1.38. The fourth-order valence-electron chi connectivity index (χ4n) is 2.07. The molecule has 0 aromatic carbocycles. The summed E-state index contributed by atoms with van der Waals surface area (Å²) in [7, 11) is 1.40. The SMILES string of the molecule is COC(=O)C1=NC2=C(CC3=CC32)C1. The number of hydrogen-bond acceptors (Lipinski definition) is 3. The lowest BCUT2D eigenvalue weighted by atomic mass is 10.1. The van der Waals surface area contributed by atoms with Gasteiger partial charge >= 0.3 is 5.97 Å². The molecule has 3 heteroatoms. The highest BCUT2D eigenvalue weighted by molar-refractivity contribution is 6.38. The van der Waals surface area contributed by atoms with E-state index < -0.39 is 0 Å². The lowest BCUT2D eigenvalue weighted by molar-refractivity contribution is -0.132. The molecule has 0 spiro atoms. The second-order valence-corrected chi connectivity index (χ2v) is 3.61. The van der Waals surface area contributed by atoms with Gasteiger partial charge in [0.25, 0.3) is 0 Å². The number of allylic oxidation sites excluding steroid dienone is 2. The maximum absolute atomic E-state index is 11.2. The van der Waals surface area contributed by atoms with E-state index in [0.717, 1.165) is 12.1 Å². The van der Waals surface area contributed by atoms with Gasteiger partial charge in [-0.05, 0) is 12.0 Å². The Kier molecular flexibility index (Phi) is 1.14. The standard InChI is InChI=1S/C10H9NO2/c1-13-10(12)8-4-6-2-5-3-7(5)9(6)11-8/h3,7H,2,4H2,1H3. The molecule has 0 N–H and O–H groups in total. The largest absolute Gasteiger partial charge is 0.465 e. The Balaban J connectivity index is 1.85. The maximum Gasteiger partial charge on any atom is 0.352 e. The molecule has 0 aromatic rings. The zero-order chi connectivity index (χ0) is 9.00. The lowest BCUT2D eigenvalue weighted by Crippen LogP contribution is -2.14. The number of hydrogen-bond donors (Lipinski definition) is 0. The molecular weight excluding hydrogens is 166 g/mol. The molecule has 3 rings (SSSR count). The van der Waals surface area contributed by atoms with E-state index in [4.69, 9.17) is 0 Å². The van der Waals surface area contributed by atoms with Crippen LogP contribution in [0.5, 0.6) is 0 Å². The molecule has 0 amide bonds. The van der Waals surface area contributed by atoms with Crippen molar-refractivity contribution in [2.75, 3.05) is 7.11 Å². The second-order valence-electron chi connectivity index (χ2n) is 3.61. The first-order valence-electron chi connectivity index (χ1n) is 4.38. The van der Waals surface area contributed by atoms with Gasteiger partial charge in [-0.25, -0.2) is 9.79 Å². The normalized spacial score (nSPS) is 27.9. The van der Waals surface area contributed by atoms with Crippen LogP contribution >= 0.6 is 0 Å². The predicted molar refractivity (Wildman–Crippen MR) is 47.3 cm³/mol. The van der Waals surface area contributed by atoms with Gasteiger partial charge in [0.2, 0.25) is 0 Å². The summed E-state index contributed by atoms with van der Waals surface area (Å²) in [5.74, 6) is 0.203. The van der Waals surface area contributed by atoms with E-state index in [1.165, 1.54) is 18.3 Å². The molecule has 66 valence electrons. The van der Waals surface area contributed by atoms with E-state index in [1.807, 2.05) is 0 Å². The molecule has 3 nitrogen and oxygen atoms in total. The molecule has 2 aliphatic carbocycles. The van der Waals surface area contributed by atoms with Crippen LogP contribution in [0.2, 0.25) is 0 Å². The first kappa shape index (κ1) is 7.06. The monoisotopic (exact) mass is 175 g/mol. The molecule has 13 heavy (non-hydrogen) atoms. The van der Waals surface area contributed by atoms with Gasteiger partial charge in [-0.15, -0.1) is 0 Å². The van der Waals surface area contributed by atoms with Crippen molar-refractivity contribution in [3.63, 3.8) is 0 Å². The number of carbonyl (C=O) groups is 1. The van der Waals surface area contributed by atoms with Crippen LogP contribution in [0.3, 0.4) is 0 Å². The molecule has 1 atom stereocenters. The minimum Gasteiger partial charge on any atom is -0.465 e. The molecule has 0 fully saturated rings. The van der Waals surface area contributed by atoms with Gasteiger partial charge < -0.3 is 4.74 Å². The van der Waals surface area contributed by atoms with Crippen molar-refractivity contribution in [3.05, 3.63) is 22.9 Å². The Morgan fingerprint density at radius 3 is 3.15 bits per heavy atom. The highest BCUT2D eigenvalue weighted by Gasteiger charge is 2.41. The number of nitrogens with zero attached hydrogens (tertiary/aromatic N) is 1. The van der Waals surface area contributed by atoms with Crippen molar-refractivity contribution in [2.24, 2.45) is 10.9 Å². The quantitative estimate of drug-likeness (QED) is 0.444. The summed E-state index contributed by atoms with van der Waals surface area (Å²) in [6.45, 7) is 0. The third-order valence-electron chi connectivity index (χ3n) is 2.80. The number of rotatable bonds is 1. The van der Waals surface area contributed by atoms with E-state index in [9.17, 15) is 4.79 Å². The minimum absolute atomic E-state index is 0.281. The van der Waals surface area contributed by atoms with Crippen molar-refractivity contribution in [3.8, 4) is 0 Å². The van der Waals surface area contributed by atoms with Crippen molar-refractivity contribution >= 4 is 11.7 Å². The van der Waals surface area contributed by atoms with Crippen LogP contribution in [0.25, 0.3) is 0 Å². The third-order valence-corrected chi connectivity index (χ3v) is 2.80. The van der Waals surface area contributed by atoms with Crippen LogP contribution in [-0.2, 0) is 9.53 Å². The molecule has 1 aliphatic heterocycles. The summed E-state index contributed by atoms with van der Waals surface area (Å²) in [5, 5.41) is 0. The molecule has 1 heterocycles. The predicted octanol–water partition coefficient (Wildman–Crippen LogP) is 1.22. The number of aliphatic imine (C=N–C) groups is 1. The number of ether oxygens (including phenoxy) is 1. The van der Waals surface area contributed by atoms with Gasteiger partial charge in [0.05, 0.1) is 12.8 Å². The van der Waals surface area contributed by atoms with Gasteiger partial charge in [-0.1, -0.05) is 11.6 Å². The summed E-state index contributed by atoms with van der Waals surface area (Å²) in [6.07, 6.45) is 3.95. The maximum atomic E-state index is 11.2. The lowest BCUT2D eigenvalue weighted by Gasteiger charge is -1.98. The van der Waals surface area contributed by atoms with Crippen LogP contribution in [0.1, 0.15) is 12.8 Å². The first-order chi connectivity index (χ1) is 6.29. The number of fused-ring (bicyclic) bond motifs is 2. The van der Waals surface area contributed by atoms with Crippen LogP contribution < -0.4 is 0 Å². The van der Waals surface area contributed by atoms with E-state index in [0.29, 0.717) is 18.1 Å². The zero-order valence-corrected chi connectivity index (χ0v) is 7.33. The molecule has 0 bridgehead atoms. The number of methoxy groups -OCH3 is 1. The second kappa shape index (κ2) is 2.10. The number of carbonyl (C=O) groups excluding carboxylic acids is 1. The van der Waals surface area contributed by atoms with Crippen LogP contribution in [0.4, 0.5) is 0 Å². The van der Waals surface area contributed by atoms with E-state index in [2.05, 4.69) is 15.8 Å². The van der Waals surface area contributed by atoms with Crippen molar-refractivity contribution < 1.29 is 9.53 Å². The fraction of sp³-hybridized carbons (Fsp3) is 0.400. The van der Waals surface area contributed by atoms with E-state index in [-0.39, 0.29) is 5.97 Å². The van der Waals surface area contributed by atoms with Crippen molar-refractivity contribution in [1.82, 2.24) is 0 Å². The van der Waals surface area contributed by atoms with Gasteiger partial charge in [-0.3, -0.25) is 0 Å². The summed E-state index contributed by atoms with van der Waals surface area (Å²) < 4.78 is 4.63. The Labute approximate surface area is 75.8 Å². The average molecular weight is 175 g/mol. The number of esters is 1. The van der Waals surface area contributed by atoms with Gasteiger partial charge in [0, 0.05) is 12.3 Å². The molecule has 0 saturated heterocycles. The third kappa shape index (κ3) is 0.842. The van der Waals surface area contributed by atoms with Crippen molar-refractivity contribution in [1.29, 1.82) is 0 Å². The Bertz CT molecular complexity index is 401. The zero-order valence-electron chi connectivity index (χ0n) is 7.33. The molecule has 0 aromatic heterocycles. The van der Waals surface area contributed by atoms with E-state index >= 15 is 0 Å². The van der Waals surface area contributed by atoms with E-state index in [1.54, 1.807) is 0 Å². The smallest absolute Gasteiger partial charge is 0.352 e. The Morgan fingerprint density at radius 1 is 1.62 bits per heavy atom. The molecule has 0 radical (unpaired) electrons. The fourth-order valence-corrected chi connectivity index (χ4v) is 2.07. The van der Waals surface area contributed by atoms with Crippen LogP contribution in [0, 0.1) is 5.92 Å². The Morgan fingerprint density at radius 2 is 2.46 bits per heavy atom. The first-order valence-corrected chi connectivity index (χ1v) is 4.38. The minimum atomic E-state index is -0.281. The van der Waals surface area contributed by atoms with Gasteiger partial charge in [0.1, 0.15) is 5.71 Å². The molecule has 1 unspecified atom stereocenters. The summed E-state index contributed by atoms with van der Waals surface area (Å²) in [4.78, 5) is 15.5. The highest BCUT2D eigenvalue weighted by Crippen LogP contribution is 2.51. The summed E-state index contributed by atoms with van der Waals surface area (Å²) in [5.41, 5.74) is 4.50. The van der Waals surface area contributed by atoms with Crippen LogP contribution in [-0.4, -0.2) is 18.8 Å². The van der Waals surface area contributed by atoms with Crippen LogP contribution in [0.15, 0.2) is 27.9 Å². The highest BCUT2D eigenvalue weighted by atomic mass is 16.5. The summed E-state index contributed by atoms with van der Waals surface area (Å²) >= 11 is 0. The topological polar surface area (TPSA) is 38.7 Å².